The lowest BCUT2D eigenvalue weighted by Crippen LogP contribution is -2.31. The summed E-state index contributed by atoms with van der Waals surface area (Å²) in [7, 11) is 0. The molecule has 1 aromatic carbocycles. The molecule has 1 aliphatic rings. The van der Waals surface area contributed by atoms with Crippen molar-refractivity contribution >= 4 is 11.9 Å². The highest BCUT2D eigenvalue weighted by atomic mass is 16.5. The van der Waals surface area contributed by atoms with Crippen LogP contribution in [0.1, 0.15) is 48.0 Å². The Labute approximate surface area is 125 Å². The van der Waals surface area contributed by atoms with Gasteiger partial charge in [0, 0.05) is 5.56 Å². The van der Waals surface area contributed by atoms with Crippen LogP contribution in [0.4, 0.5) is 0 Å². The zero-order chi connectivity index (χ0) is 15.1. The normalized spacial score (nSPS) is 15.5. The molecule has 1 aromatic rings. The second kappa shape index (κ2) is 7.81. The largest absolute Gasteiger partial charge is 0.464 e. The number of carbonyl (C=O) groups excluding carboxylic acids is 2. The average molecular weight is 289 g/mol. The van der Waals surface area contributed by atoms with Crippen molar-refractivity contribution in [1.29, 1.82) is 0 Å². The average Bonchev–Trinajstić information content (AvgIpc) is 2.52. The van der Waals surface area contributed by atoms with Gasteiger partial charge in [-0.1, -0.05) is 37.0 Å². The number of benzene rings is 1. The minimum atomic E-state index is -0.360. The van der Waals surface area contributed by atoms with E-state index in [0.29, 0.717) is 18.1 Å². The predicted molar refractivity (Wildman–Crippen MR) is 81.0 cm³/mol. The third-order valence-corrected chi connectivity index (χ3v) is 3.91. The van der Waals surface area contributed by atoms with Gasteiger partial charge in [0.25, 0.3) is 5.91 Å². The van der Waals surface area contributed by atoms with E-state index in [-0.39, 0.29) is 18.4 Å². The number of esters is 1. The van der Waals surface area contributed by atoms with Gasteiger partial charge in [-0.15, -0.1) is 0 Å². The van der Waals surface area contributed by atoms with E-state index in [0.717, 1.165) is 18.4 Å². The molecule has 0 atom stereocenters. The summed E-state index contributed by atoms with van der Waals surface area (Å²) >= 11 is 0. The van der Waals surface area contributed by atoms with Gasteiger partial charge in [-0.2, -0.15) is 0 Å². The third-order valence-electron chi connectivity index (χ3n) is 3.91. The van der Waals surface area contributed by atoms with Gasteiger partial charge < -0.3 is 10.1 Å². The lowest BCUT2D eigenvalue weighted by molar-refractivity contribution is -0.144. The minimum absolute atomic E-state index is 0.0700. The summed E-state index contributed by atoms with van der Waals surface area (Å²) in [6.45, 7) is 2.38. The molecular weight excluding hydrogens is 266 g/mol. The van der Waals surface area contributed by atoms with Crippen LogP contribution in [-0.4, -0.2) is 25.0 Å². The van der Waals surface area contributed by atoms with Gasteiger partial charge in [-0.3, -0.25) is 9.59 Å². The summed E-state index contributed by atoms with van der Waals surface area (Å²) in [6.07, 6.45) is 6.03. The van der Waals surface area contributed by atoms with E-state index < -0.39 is 0 Å². The van der Waals surface area contributed by atoms with E-state index in [1.165, 1.54) is 19.3 Å². The Morgan fingerprint density at radius 2 is 1.81 bits per heavy atom. The number of rotatable bonds is 5. The van der Waals surface area contributed by atoms with Crippen LogP contribution in [-0.2, 0) is 9.53 Å². The van der Waals surface area contributed by atoms with Crippen LogP contribution in [0.15, 0.2) is 24.3 Å². The second-order valence-corrected chi connectivity index (χ2v) is 5.74. The van der Waals surface area contributed by atoms with Gasteiger partial charge in [0.15, 0.2) is 0 Å². The lowest BCUT2D eigenvalue weighted by Gasteiger charge is -2.21. The van der Waals surface area contributed by atoms with Gasteiger partial charge in [0.1, 0.15) is 6.54 Å². The highest BCUT2D eigenvalue weighted by Crippen LogP contribution is 2.23. The van der Waals surface area contributed by atoms with Crippen molar-refractivity contribution in [2.45, 2.75) is 39.0 Å². The molecule has 1 saturated carbocycles. The molecule has 0 aliphatic heterocycles. The van der Waals surface area contributed by atoms with Crippen molar-refractivity contribution < 1.29 is 14.3 Å². The van der Waals surface area contributed by atoms with E-state index >= 15 is 0 Å². The first-order valence-electron chi connectivity index (χ1n) is 7.65. The quantitative estimate of drug-likeness (QED) is 0.848. The summed E-state index contributed by atoms with van der Waals surface area (Å²) < 4.78 is 5.23. The zero-order valence-corrected chi connectivity index (χ0v) is 12.6. The number of hydrogen-bond donors (Lipinski definition) is 1. The highest BCUT2D eigenvalue weighted by molar-refractivity contribution is 5.95. The highest BCUT2D eigenvalue weighted by Gasteiger charge is 2.16. The van der Waals surface area contributed by atoms with E-state index in [1.54, 1.807) is 12.1 Å². The molecule has 1 amide bonds. The molecule has 1 N–H and O–H groups in total. The standard InChI is InChI=1S/C17H23NO3/c1-13-7-9-15(10-8-13)17(20)18-11-16(19)21-12-14-5-3-2-4-6-14/h7-10,14H,2-6,11-12H2,1H3,(H,18,20). The Balaban J connectivity index is 1.68. The first-order chi connectivity index (χ1) is 10.1. The number of amides is 1. The molecule has 0 unspecified atom stereocenters. The molecule has 2 rings (SSSR count). The molecule has 0 radical (unpaired) electrons. The number of hydrogen-bond acceptors (Lipinski definition) is 3. The summed E-state index contributed by atoms with van der Waals surface area (Å²) in [6, 6.07) is 7.24. The van der Waals surface area contributed by atoms with Gasteiger partial charge in [0.2, 0.25) is 0 Å². The Bertz CT molecular complexity index is 475. The maximum Gasteiger partial charge on any atom is 0.325 e. The fraction of sp³-hybridized carbons (Fsp3) is 0.529. The van der Waals surface area contributed by atoms with Crippen molar-refractivity contribution in [3.8, 4) is 0 Å². The molecule has 1 fully saturated rings. The van der Waals surface area contributed by atoms with Crippen molar-refractivity contribution in [2.24, 2.45) is 5.92 Å². The zero-order valence-electron chi connectivity index (χ0n) is 12.6. The Kier molecular flexibility index (Phi) is 5.78. The van der Waals surface area contributed by atoms with Crippen molar-refractivity contribution in [1.82, 2.24) is 5.32 Å². The van der Waals surface area contributed by atoms with Crippen molar-refractivity contribution in [3.63, 3.8) is 0 Å². The van der Waals surface area contributed by atoms with E-state index in [2.05, 4.69) is 5.32 Å². The molecule has 0 saturated heterocycles. The molecule has 0 heterocycles. The van der Waals surface area contributed by atoms with Gasteiger partial charge in [-0.05, 0) is 37.8 Å². The maximum atomic E-state index is 11.8. The van der Waals surface area contributed by atoms with Gasteiger partial charge in [0.05, 0.1) is 6.61 Å². The lowest BCUT2D eigenvalue weighted by atomic mass is 9.90. The first kappa shape index (κ1) is 15.5. The molecular formula is C17H23NO3. The number of aryl methyl sites for hydroxylation is 1. The molecule has 4 heteroatoms. The molecule has 114 valence electrons. The Morgan fingerprint density at radius 3 is 2.48 bits per heavy atom. The molecule has 1 aliphatic carbocycles. The fourth-order valence-corrected chi connectivity index (χ4v) is 2.58. The second-order valence-electron chi connectivity index (χ2n) is 5.74. The van der Waals surface area contributed by atoms with Crippen LogP contribution in [0.25, 0.3) is 0 Å². The maximum absolute atomic E-state index is 11.8. The summed E-state index contributed by atoms with van der Waals surface area (Å²) in [4.78, 5) is 23.5. The van der Waals surface area contributed by atoms with E-state index in [4.69, 9.17) is 4.74 Å². The smallest absolute Gasteiger partial charge is 0.325 e. The molecule has 0 bridgehead atoms. The van der Waals surface area contributed by atoms with Gasteiger partial charge >= 0.3 is 5.97 Å². The fourth-order valence-electron chi connectivity index (χ4n) is 2.58. The predicted octanol–water partition coefficient (Wildman–Crippen LogP) is 2.85. The minimum Gasteiger partial charge on any atom is -0.464 e. The third kappa shape index (κ3) is 5.21. The molecule has 4 nitrogen and oxygen atoms in total. The van der Waals surface area contributed by atoms with E-state index in [9.17, 15) is 9.59 Å². The topological polar surface area (TPSA) is 55.4 Å². The molecule has 21 heavy (non-hydrogen) atoms. The summed E-state index contributed by atoms with van der Waals surface area (Å²) in [5.41, 5.74) is 1.65. The summed E-state index contributed by atoms with van der Waals surface area (Å²) in [5, 5.41) is 2.59. The van der Waals surface area contributed by atoms with Crippen LogP contribution in [0.2, 0.25) is 0 Å². The van der Waals surface area contributed by atoms with Crippen LogP contribution in [0, 0.1) is 12.8 Å². The Morgan fingerprint density at radius 1 is 1.14 bits per heavy atom. The van der Waals surface area contributed by atoms with Crippen LogP contribution in [0.5, 0.6) is 0 Å². The van der Waals surface area contributed by atoms with Crippen molar-refractivity contribution in [2.75, 3.05) is 13.2 Å². The van der Waals surface area contributed by atoms with Gasteiger partial charge in [-0.25, -0.2) is 0 Å². The number of carbonyl (C=O) groups is 2. The monoisotopic (exact) mass is 289 g/mol. The molecule has 0 aromatic heterocycles. The first-order valence-corrected chi connectivity index (χ1v) is 7.65. The SMILES string of the molecule is Cc1ccc(C(=O)NCC(=O)OCC2CCCCC2)cc1. The van der Waals surface area contributed by atoms with Crippen molar-refractivity contribution in [3.05, 3.63) is 35.4 Å². The Hall–Kier alpha value is -1.84. The summed E-state index contributed by atoms with van der Waals surface area (Å²) in [5.74, 6) is -0.110. The van der Waals surface area contributed by atoms with E-state index in [1.807, 2.05) is 19.1 Å². The van der Waals surface area contributed by atoms with Crippen LogP contribution >= 0.6 is 0 Å². The molecule has 0 spiro atoms. The number of ether oxygens (including phenoxy) is 1. The number of nitrogens with one attached hydrogen (secondary N) is 1. The van der Waals surface area contributed by atoms with Crippen LogP contribution in [0.3, 0.4) is 0 Å². The van der Waals surface area contributed by atoms with Crippen LogP contribution < -0.4 is 5.32 Å².